The van der Waals surface area contributed by atoms with E-state index in [4.69, 9.17) is 4.74 Å². The molecule has 1 saturated heterocycles. The van der Waals surface area contributed by atoms with Gasteiger partial charge in [-0.15, -0.1) is 0 Å². The second-order valence-electron chi connectivity index (χ2n) is 6.72. The van der Waals surface area contributed by atoms with E-state index in [0.29, 0.717) is 23.2 Å². The minimum Gasteiger partial charge on any atom is -0.508 e. The number of carbonyl (C=O) groups is 2. The molecule has 1 aliphatic rings. The number of rotatable bonds is 3. The van der Waals surface area contributed by atoms with Gasteiger partial charge in [-0.1, -0.05) is 6.07 Å². The van der Waals surface area contributed by atoms with Gasteiger partial charge in [0.1, 0.15) is 5.75 Å². The summed E-state index contributed by atoms with van der Waals surface area (Å²) in [6.07, 6.45) is 1.83. The maximum Gasteiger partial charge on any atom is 0.337 e. The highest BCUT2D eigenvalue weighted by Crippen LogP contribution is 2.35. The molecule has 1 N–H and O–H groups in total. The van der Waals surface area contributed by atoms with Gasteiger partial charge < -0.3 is 14.7 Å². The molecular weight excluding hydrogens is 330 g/mol. The molecular formula is C21H23NO4. The van der Waals surface area contributed by atoms with Crippen LogP contribution in [0.3, 0.4) is 0 Å². The zero-order chi connectivity index (χ0) is 18.8. The first-order valence-corrected chi connectivity index (χ1v) is 8.72. The van der Waals surface area contributed by atoms with Crippen molar-refractivity contribution in [3.05, 3.63) is 64.2 Å². The Kier molecular flexibility index (Phi) is 4.98. The van der Waals surface area contributed by atoms with Gasteiger partial charge >= 0.3 is 5.97 Å². The lowest BCUT2D eigenvalue weighted by Crippen LogP contribution is -2.31. The van der Waals surface area contributed by atoms with Crippen LogP contribution in [0.25, 0.3) is 0 Å². The Morgan fingerprint density at radius 1 is 1.08 bits per heavy atom. The molecule has 1 aliphatic heterocycles. The van der Waals surface area contributed by atoms with Crippen LogP contribution in [0.2, 0.25) is 0 Å². The first-order valence-electron chi connectivity index (χ1n) is 8.72. The highest BCUT2D eigenvalue weighted by atomic mass is 16.5. The molecule has 1 unspecified atom stereocenters. The SMILES string of the molecule is COC(=O)c1ccc(C2CCCN2C(=O)c2ccc(O)c(C)c2)c(C)c1. The van der Waals surface area contributed by atoms with Gasteiger partial charge in [-0.3, -0.25) is 4.79 Å². The molecule has 5 heteroatoms. The molecule has 0 bridgehead atoms. The van der Waals surface area contributed by atoms with E-state index in [1.165, 1.54) is 7.11 Å². The van der Waals surface area contributed by atoms with E-state index < -0.39 is 0 Å². The molecule has 1 fully saturated rings. The molecule has 136 valence electrons. The molecule has 0 saturated carbocycles. The number of aryl methyl sites for hydroxylation is 2. The molecule has 0 aromatic heterocycles. The molecule has 26 heavy (non-hydrogen) atoms. The van der Waals surface area contributed by atoms with Crippen LogP contribution in [0.15, 0.2) is 36.4 Å². The molecule has 0 aliphatic carbocycles. The van der Waals surface area contributed by atoms with Crippen LogP contribution in [0.4, 0.5) is 0 Å². The van der Waals surface area contributed by atoms with Crippen molar-refractivity contribution in [2.24, 2.45) is 0 Å². The van der Waals surface area contributed by atoms with E-state index in [0.717, 1.165) is 24.0 Å². The lowest BCUT2D eigenvalue weighted by atomic mass is 9.96. The second kappa shape index (κ2) is 7.20. The number of phenols is 1. The fourth-order valence-electron chi connectivity index (χ4n) is 3.58. The Hall–Kier alpha value is -2.82. The number of phenolic OH excluding ortho intramolecular Hbond substituents is 1. The quantitative estimate of drug-likeness (QED) is 0.853. The van der Waals surface area contributed by atoms with Crippen molar-refractivity contribution in [1.82, 2.24) is 4.90 Å². The number of amides is 1. The number of esters is 1. The first kappa shape index (κ1) is 18.0. The van der Waals surface area contributed by atoms with Crippen molar-refractivity contribution >= 4 is 11.9 Å². The first-order chi connectivity index (χ1) is 12.4. The van der Waals surface area contributed by atoms with Gasteiger partial charge in [0.15, 0.2) is 0 Å². The van der Waals surface area contributed by atoms with Crippen molar-refractivity contribution < 1.29 is 19.4 Å². The fourth-order valence-corrected chi connectivity index (χ4v) is 3.58. The number of hydrogen-bond acceptors (Lipinski definition) is 4. The van der Waals surface area contributed by atoms with Crippen LogP contribution in [0, 0.1) is 13.8 Å². The minimum atomic E-state index is -0.362. The predicted molar refractivity (Wildman–Crippen MR) is 98.4 cm³/mol. The van der Waals surface area contributed by atoms with Crippen molar-refractivity contribution in [3.63, 3.8) is 0 Å². The summed E-state index contributed by atoms with van der Waals surface area (Å²) in [4.78, 5) is 26.6. The maximum atomic E-state index is 13.0. The second-order valence-corrected chi connectivity index (χ2v) is 6.72. The van der Waals surface area contributed by atoms with E-state index in [1.807, 2.05) is 24.0 Å². The summed E-state index contributed by atoms with van der Waals surface area (Å²) in [6, 6.07) is 10.4. The Balaban J connectivity index is 1.89. The third-order valence-electron chi connectivity index (χ3n) is 5.01. The molecule has 1 heterocycles. The normalized spacial score (nSPS) is 16.6. The molecule has 0 radical (unpaired) electrons. The van der Waals surface area contributed by atoms with Gasteiger partial charge in [-0.2, -0.15) is 0 Å². The largest absolute Gasteiger partial charge is 0.508 e. The monoisotopic (exact) mass is 353 g/mol. The predicted octanol–water partition coefficient (Wildman–Crippen LogP) is 3.77. The number of ether oxygens (including phenoxy) is 1. The average molecular weight is 353 g/mol. The third-order valence-corrected chi connectivity index (χ3v) is 5.01. The Morgan fingerprint density at radius 2 is 1.77 bits per heavy atom. The van der Waals surface area contributed by atoms with Gasteiger partial charge in [0, 0.05) is 12.1 Å². The summed E-state index contributed by atoms with van der Waals surface area (Å²) in [7, 11) is 1.36. The highest BCUT2D eigenvalue weighted by molar-refractivity contribution is 5.95. The molecule has 2 aromatic carbocycles. The average Bonchev–Trinajstić information content (AvgIpc) is 3.12. The summed E-state index contributed by atoms with van der Waals surface area (Å²) in [5.41, 5.74) is 3.80. The summed E-state index contributed by atoms with van der Waals surface area (Å²) >= 11 is 0. The number of methoxy groups -OCH3 is 1. The zero-order valence-corrected chi connectivity index (χ0v) is 15.3. The minimum absolute atomic E-state index is 0.0108. The molecule has 2 aromatic rings. The van der Waals surface area contributed by atoms with E-state index in [1.54, 1.807) is 31.2 Å². The maximum absolute atomic E-state index is 13.0. The number of carbonyl (C=O) groups excluding carboxylic acids is 2. The van der Waals surface area contributed by atoms with Crippen LogP contribution in [-0.2, 0) is 4.74 Å². The number of likely N-dealkylation sites (tertiary alicyclic amines) is 1. The Bertz CT molecular complexity index is 859. The standard InChI is InChI=1S/C21H23NO4/c1-13-11-16(21(25)26-3)6-8-17(13)18-5-4-10-22(18)20(24)15-7-9-19(23)14(2)12-15/h6-9,11-12,18,23H,4-5,10H2,1-3H3. The topological polar surface area (TPSA) is 66.8 Å². The van der Waals surface area contributed by atoms with Gasteiger partial charge in [0.25, 0.3) is 5.91 Å². The molecule has 1 atom stereocenters. The van der Waals surface area contributed by atoms with E-state index in [-0.39, 0.29) is 23.7 Å². The lowest BCUT2D eigenvalue weighted by Gasteiger charge is -2.27. The summed E-state index contributed by atoms with van der Waals surface area (Å²) in [5.74, 6) is -0.209. The van der Waals surface area contributed by atoms with E-state index in [9.17, 15) is 14.7 Å². The molecule has 0 spiro atoms. The highest BCUT2D eigenvalue weighted by Gasteiger charge is 2.31. The van der Waals surface area contributed by atoms with Gasteiger partial charge in [0.05, 0.1) is 18.7 Å². The number of benzene rings is 2. The van der Waals surface area contributed by atoms with Crippen molar-refractivity contribution in [2.45, 2.75) is 32.7 Å². The van der Waals surface area contributed by atoms with Crippen molar-refractivity contribution in [3.8, 4) is 5.75 Å². The summed E-state index contributed by atoms with van der Waals surface area (Å²) in [5, 5.41) is 9.69. The van der Waals surface area contributed by atoms with Gasteiger partial charge in [-0.05, 0) is 73.7 Å². The van der Waals surface area contributed by atoms with Crippen LogP contribution in [0.1, 0.15) is 56.3 Å². The molecule has 5 nitrogen and oxygen atoms in total. The van der Waals surface area contributed by atoms with Crippen LogP contribution in [-0.4, -0.2) is 35.5 Å². The van der Waals surface area contributed by atoms with Crippen molar-refractivity contribution in [2.75, 3.05) is 13.7 Å². The Labute approximate surface area is 153 Å². The zero-order valence-electron chi connectivity index (χ0n) is 15.3. The fraction of sp³-hybridized carbons (Fsp3) is 0.333. The lowest BCUT2D eigenvalue weighted by molar-refractivity contribution is 0.0599. The van der Waals surface area contributed by atoms with Crippen molar-refractivity contribution in [1.29, 1.82) is 0 Å². The van der Waals surface area contributed by atoms with Crippen LogP contribution in [0.5, 0.6) is 5.75 Å². The molecule has 1 amide bonds. The summed E-state index contributed by atoms with van der Waals surface area (Å²) < 4.78 is 4.77. The number of aromatic hydroxyl groups is 1. The number of nitrogens with zero attached hydrogens (tertiary/aromatic N) is 1. The van der Waals surface area contributed by atoms with Gasteiger partial charge in [0.2, 0.25) is 0 Å². The number of hydrogen-bond donors (Lipinski definition) is 1. The van der Waals surface area contributed by atoms with E-state index >= 15 is 0 Å². The summed E-state index contributed by atoms with van der Waals surface area (Å²) in [6.45, 7) is 4.43. The van der Waals surface area contributed by atoms with Gasteiger partial charge in [-0.25, -0.2) is 4.79 Å². The smallest absolute Gasteiger partial charge is 0.337 e. The molecule has 3 rings (SSSR count). The Morgan fingerprint density at radius 3 is 2.42 bits per heavy atom. The van der Waals surface area contributed by atoms with Crippen LogP contribution < -0.4 is 0 Å². The van der Waals surface area contributed by atoms with Crippen LogP contribution >= 0.6 is 0 Å². The third kappa shape index (κ3) is 3.29. The van der Waals surface area contributed by atoms with E-state index in [2.05, 4.69) is 0 Å².